The van der Waals surface area contributed by atoms with Crippen molar-refractivity contribution < 1.29 is 13.2 Å². The van der Waals surface area contributed by atoms with Crippen molar-refractivity contribution in [2.24, 2.45) is 0 Å². The van der Waals surface area contributed by atoms with Crippen molar-refractivity contribution >= 4 is 27.3 Å². The van der Waals surface area contributed by atoms with Gasteiger partial charge in [0.25, 0.3) is 5.91 Å². The highest BCUT2D eigenvalue weighted by atomic mass is 32.2. The average molecular weight is 450 g/mol. The Hall–Kier alpha value is -3.16. The molecule has 1 fully saturated rings. The number of hydrogen-bond acceptors (Lipinski definition) is 4. The molecule has 166 valence electrons. The molecule has 0 spiro atoms. The van der Waals surface area contributed by atoms with E-state index in [1.807, 2.05) is 49.5 Å². The highest BCUT2D eigenvalue weighted by molar-refractivity contribution is 7.89. The number of sulfonamides is 1. The zero-order valence-corrected chi connectivity index (χ0v) is 18.9. The number of anilines is 2. The second kappa shape index (κ2) is 9.54. The average Bonchev–Trinajstić information content (AvgIpc) is 3.36. The largest absolute Gasteiger partial charge is 0.369 e. The van der Waals surface area contributed by atoms with E-state index in [0.29, 0.717) is 30.9 Å². The molecule has 1 amide bonds. The smallest absolute Gasteiger partial charge is 0.255 e. The van der Waals surface area contributed by atoms with E-state index in [2.05, 4.69) is 22.3 Å². The van der Waals surface area contributed by atoms with Crippen molar-refractivity contribution in [3.05, 3.63) is 90.0 Å². The quantitative estimate of drug-likeness (QED) is 0.582. The molecule has 0 aliphatic carbocycles. The molecular weight excluding hydrogens is 422 g/mol. The van der Waals surface area contributed by atoms with Gasteiger partial charge in [0.05, 0.1) is 16.3 Å². The standard InChI is InChI=1S/C25H27N3O3S/c1-27(19-20-10-3-2-4-11-20)24-15-6-5-14-23(24)26-25(29)21-12-9-13-22(18-21)32(30,31)28-16-7-8-17-28/h2-6,9-15,18H,7-8,16-17,19H2,1H3,(H,26,29). The van der Waals surface area contributed by atoms with E-state index in [9.17, 15) is 13.2 Å². The Kier molecular flexibility index (Phi) is 6.58. The molecule has 0 bridgehead atoms. The monoisotopic (exact) mass is 449 g/mol. The lowest BCUT2D eigenvalue weighted by Crippen LogP contribution is -2.28. The predicted octanol–water partition coefficient (Wildman–Crippen LogP) is 4.36. The number of para-hydroxylation sites is 2. The zero-order valence-electron chi connectivity index (χ0n) is 18.1. The number of amides is 1. The molecule has 0 saturated carbocycles. The lowest BCUT2D eigenvalue weighted by molar-refractivity contribution is 0.102. The number of hydrogen-bond donors (Lipinski definition) is 1. The van der Waals surface area contributed by atoms with Crippen LogP contribution >= 0.6 is 0 Å². The van der Waals surface area contributed by atoms with Crippen molar-refractivity contribution in [1.82, 2.24) is 4.31 Å². The third-order valence-electron chi connectivity index (χ3n) is 5.63. The van der Waals surface area contributed by atoms with E-state index >= 15 is 0 Å². The Morgan fingerprint density at radius 1 is 0.938 bits per heavy atom. The molecule has 0 atom stereocenters. The minimum absolute atomic E-state index is 0.154. The summed E-state index contributed by atoms with van der Waals surface area (Å²) in [7, 11) is -1.61. The van der Waals surface area contributed by atoms with Crippen LogP contribution in [0.2, 0.25) is 0 Å². The number of carbonyl (C=O) groups is 1. The molecule has 0 aromatic heterocycles. The number of nitrogens with one attached hydrogen (secondary N) is 1. The molecule has 0 unspecified atom stereocenters. The molecule has 1 aliphatic heterocycles. The van der Waals surface area contributed by atoms with Crippen LogP contribution in [0.15, 0.2) is 83.8 Å². The molecule has 1 saturated heterocycles. The summed E-state index contributed by atoms with van der Waals surface area (Å²) in [5.74, 6) is -0.343. The number of nitrogens with zero attached hydrogens (tertiary/aromatic N) is 2. The first kappa shape index (κ1) is 22.0. The van der Waals surface area contributed by atoms with Gasteiger partial charge in [0.2, 0.25) is 10.0 Å². The van der Waals surface area contributed by atoms with Gasteiger partial charge in [-0.25, -0.2) is 8.42 Å². The van der Waals surface area contributed by atoms with Gasteiger partial charge in [-0.05, 0) is 48.7 Å². The summed E-state index contributed by atoms with van der Waals surface area (Å²) in [6.07, 6.45) is 1.74. The summed E-state index contributed by atoms with van der Waals surface area (Å²) >= 11 is 0. The topological polar surface area (TPSA) is 69.7 Å². The highest BCUT2D eigenvalue weighted by Crippen LogP contribution is 2.27. The first-order valence-corrected chi connectivity index (χ1v) is 12.1. The van der Waals surface area contributed by atoms with Crippen LogP contribution in [-0.2, 0) is 16.6 Å². The van der Waals surface area contributed by atoms with Gasteiger partial charge in [-0.2, -0.15) is 4.31 Å². The number of carbonyl (C=O) groups excluding carboxylic acids is 1. The van der Waals surface area contributed by atoms with Crippen LogP contribution in [-0.4, -0.2) is 38.8 Å². The van der Waals surface area contributed by atoms with Crippen molar-refractivity contribution in [3.63, 3.8) is 0 Å². The molecule has 0 radical (unpaired) electrons. The molecule has 1 N–H and O–H groups in total. The Morgan fingerprint density at radius 3 is 2.38 bits per heavy atom. The van der Waals surface area contributed by atoms with Crippen molar-refractivity contribution in [2.45, 2.75) is 24.3 Å². The Morgan fingerprint density at radius 2 is 1.62 bits per heavy atom. The van der Waals surface area contributed by atoms with Gasteiger partial charge in [-0.15, -0.1) is 0 Å². The van der Waals surface area contributed by atoms with Gasteiger partial charge in [0.15, 0.2) is 0 Å². The molecular formula is C25H27N3O3S. The van der Waals surface area contributed by atoms with Gasteiger partial charge in [-0.1, -0.05) is 48.5 Å². The maximum Gasteiger partial charge on any atom is 0.255 e. The van der Waals surface area contributed by atoms with Gasteiger partial charge in [0.1, 0.15) is 0 Å². The number of benzene rings is 3. The molecule has 4 rings (SSSR count). The van der Waals surface area contributed by atoms with Crippen LogP contribution in [0.3, 0.4) is 0 Å². The zero-order chi connectivity index (χ0) is 22.6. The highest BCUT2D eigenvalue weighted by Gasteiger charge is 2.27. The van der Waals surface area contributed by atoms with Crippen LogP contribution in [0, 0.1) is 0 Å². The van der Waals surface area contributed by atoms with Crippen molar-refractivity contribution in [2.75, 3.05) is 30.4 Å². The summed E-state index contributed by atoms with van der Waals surface area (Å²) in [6.45, 7) is 1.75. The third kappa shape index (κ3) is 4.84. The molecule has 7 heteroatoms. The Bertz CT molecular complexity index is 1190. The minimum Gasteiger partial charge on any atom is -0.369 e. The third-order valence-corrected chi connectivity index (χ3v) is 7.52. The van der Waals surface area contributed by atoms with E-state index in [1.54, 1.807) is 18.2 Å². The van der Waals surface area contributed by atoms with Crippen LogP contribution in [0.25, 0.3) is 0 Å². The maximum atomic E-state index is 13.0. The van der Waals surface area contributed by atoms with Gasteiger partial charge >= 0.3 is 0 Å². The van der Waals surface area contributed by atoms with Crippen LogP contribution in [0.1, 0.15) is 28.8 Å². The second-order valence-electron chi connectivity index (χ2n) is 7.95. The van der Waals surface area contributed by atoms with Crippen LogP contribution < -0.4 is 10.2 Å². The summed E-state index contributed by atoms with van der Waals surface area (Å²) < 4.78 is 27.2. The molecule has 1 aliphatic rings. The normalized spacial score (nSPS) is 14.3. The Labute approximate surface area is 189 Å². The van der Waals surface area contributed by atoms with Crippen LogP contribution in [0.4, 0.5) is 11.4 Å². The van der Waals surface area contributed by atoms with Gasteiger partial charge < -0.3 is 10.2 Å². The summed E-state index contributed by atoms with van der Waals surface area (Å²) in [4.78, 5) is 15.2. The van der Waals surface area contributed by atoms with E-state index in [0.717, 1.165) is 24.1 Å². The van der Waals surface area contributed by atoms with E-state index < -0.39 is 10.0 Å². The number of rotatable bonds is 7. The predicted molar refractivity (Wildman–Crippen MR) is 127 cm³/mol. The van der Waals surface area contributed by atoms with Gasteiger partial charge in [0, 0.05) is 32.2 Å². The summed E-state index contributed by atoms with van der Waals surface area (Å²) in [5, 5.41) is 2.95. The second-order valence-corrected chi connectivity index (χ2v) is 9.89. The lowest BCUT2D eigenvalue weighted by Gasteiger charge is -2.23. The fourth-order valence-corrected chi connectivity index (χ4v) is 5.49. The molecule has 6 nitrogen and oxygen atoms in total. The first-order valence-electron chi connectivity index (χ1n) is 10.7. The van der Waals surface area contributed by atoms with Crippen molar-refractivity contribution in [1.29, 1.82) is 0 Å². The minimum atomic E-state index is -3.58. The fourth-order valence-electron chi connectivity index (χ4n) is 3.92. The van der Waals surface area contributed by atoms with E-state index in [1.165, 1.54) is 10.4 Å². The molecule has 1 heterocycles. The lowest BCUT2D eigenvalue weighted by atomic mass is 10.1. The summed E-state index contributed by atoms with van der Waals surface area (Å²) in [6, 6.07) is 23.9. The Balaban J connectivity index is 1.54. The first-order chi connectivity index (χ1) is 15.4. The molecule has 3 aromatic rings. The van der Waals surface area contributed by atoms with Crippen LogP contribution in [0.5, 0.6) is 0 Å². The summed E-state index contributed by atoms with van der Waals surface area (Å²) in [5.41, 5.74) is 3.02. The maximum absolute atomic E-state index is 13.0. The molecule has 32 heavy (non-hydrogen) atoms. The van der Waals surface area contributed by atoms with Gasteiger partial charge in [-0.3, -0.25) is 4.79 Å². The van der Waals surface area contributed by atoms with E-state index in [-0.39, 0.29) is 10.8 Å². The molecule has 3 aromatic carbocycles. The fraction of sp³-hybridized carbons (Fsp3) is 0.240. The van der Waals surface area contributed by atoms with E-state index in [4.69, 9.17) is 0 Å². The van der Waals surface area contributed by atoms with Crippen molar-refractivity contribution in [3.8, 4) is 0 Å². The SMILES string of the molecule is CN(Cc1ccccc1)c1ccccc1NC(=O)c1cccc(S(=O)(=O)N2CCCC2)c1.